The van der Waals surface area contributed by atoms with Crippen LogP contribution in [0, 0.1) is 23.5 Å². The summed E-state index contributed by atoms with van der Waals surface area (Å²) in [6, 6.07) is 8.44. The number of hydrogen-bond donors (Lipinski definition) is 2. The minimum Gasteiger partial charge on any atom is -0.327 e. The Morgan fingerprint density at radius 2 is 1.78 bits per heavy atom. The number of imidazole rings is 1. The lowest BCUT2D eigenvalue weighted by Gasteiger charge is -2.37. The van der Waals surface area contributed by atoms with E-state index >= 15 is 0 Å². The molecular weight excluding hydrogens is 458 g/mol. The number of nitrogens with one attached hydrogen (secondary N) is 1. The molecule has 8 heteroatoms. The highest BCUT2D eigenvalue weighted by molar-refractivity contribution is 5.66. The van der Waals surface area contributed by atoms with Gasteiger partial charge in [-0.15, -0.1) is 0 Å². The van der Waals surface area contributed by atoms with E-state index in [0.29, 0.717) is 29.2 Å². The summed E-state index contributed by atoms with van der Waals surface area (Å²) in [4.78, 5) is 8.81. The second-order valence-electron chi connectivity index (χ2n) is 10.5. The average Bonchev–Trinajstić information content (AvgIpc) is 3.64. The van der Waals surface area contributed by atoms with Crippen molar-refractivity contribution in [2.45, 2.75) is 57.4 Å². The van der Waals surface area contributed by atoms with E-state index in [2.05, 4.69) is 34.2 Å². The molecule has 2 aliphatic carbocycles. The van der Waals surface area contributed by atoms with Crippen LogP contribution in [0.4, 0.5) is 20.4 Å². The Labute approximate surface area is 209 Å². The Morgan fingerprint density at radius 3 is 2.50 bits per heavy atom. The van der Waals surface area contributed by atoms with Gasteiger partial charge in [-0.3, -0.25) is 4.98 Å². The third-order valence-electron chi connectivity index (χ3n) is 8.08. The fourth-order valence-corrected chi connectivity index (χ4v) is 5.56. The number of aromatic nitrogens is 4. The van der Waals surface area contributed by atoms with E-state index < -0.39 is 11.6 Å². The molecule has 0 amide bonds. The number of halogens is 2. The average molecular weight is 489 g/mol. The van der Waals surface area contributed by atoms with Crippen molar-refractivity contribution in [3.63, 3.8) is 0 Å². The van der Waals surface area contributed by atoms with E-state index in [1.807, 2.05) is 6.07 Å². The monoisotopic (exact) mass is 488 g/mol. The molecule has 0 saturated heterocycles. The Morgan fingerprint density at radius 1 is 1.00 bits per heavy atom. The summed E-state index contributed by atoms with van der Waals surface area (Å²) in [6.07, 6.45) is 9.17. The second kappa shape index (κ2) is 8.92. The van der Waals surface area contributed by atoms with Crippen LogP contribution in [0.15, 0.2) is 48.9 Å². The largest absolute Gasteiger partial charge is 0.327 e. The summed E-state index contributed by atoms with van der Waals surface area (Å²) in [5.74, 6) is 0.846. The summed E-state index contributed by atoms with van der Waals surface area (Å²) >= 11 is 0. The van der Waals surface area contributed by atoms with Crippen molar-refractivity contribution in [2.75, 3.05) is 5.32 Å². The number of hydrogen-bond acceptors (Lipinski definition) is 5. The van der Waals surface area contributed by atoms with Crippen molar-refractivity contribution < 1.29 is 8.78 Å². The molecule has 6 rings (SSSR count). The summed E-state index contributed by atoms with van der Waals surface area (Å²) in [5, 5.41) is 7.93. The van der Waals surface area contributed by atoms with E-state index in [9.17, 15) is 8.78 Å². The number of nitrogens with zero attached hydrogens (tertiary/aromatic N) is 4. The molecule has 4 aromatic rings. The zero-order chi connectivity index (χ0) is 25.0. The smallest absolute Gasteiger partial charge is 0.229 e. The van der Waals surface area contributed by atoms with Crippen molar-refractivity contribution in [1.82, 2.24) is 19.6 Å². The fraction of sp³-hybridized carbons (Fsp3) is 0.393. The number of fused-ring (bicyclic) bond motifs is 1. The normalized spacial score (nSPS) is 24.2. The first-order valence-corrected chi connectivity index (χ1v) is 12.7. The molecule has 2 aliphatic rings. The fourth-order valence-electron chi connectivity index (χ4n) is 5.56. The van der Waals surface area contributed by atoms with Gasteiger partial charge in [-0.25, -0.2) is 13.8 Å². The van der Waals surface area contributed by atoms with Crippen LogP contribution in [0.1, 0.15) is 62.5 Å². The van der Waals surface area contributed by atoms with Crippen LogP contribution < -0.4 is 11.1 Å². The highest BCUT2D eigenvalue weighted by atomic mass is 19.1. The third-order valence-corrected chi connectivity index (χ3v) is 8.08. The van der Waals surface area contributed by atoms with Crippen molar-refractivity contribution in [3.8, 4) is 11.3 Å². The van der Waals surface area contributed by atoms with Crippen LogP contribution in [0.25, 0.3) is 16.8 Å². The predicted octanol–water partition coefficient (Wildman–Crippen LogP) is 6.17. The molecule has 3 aromatic heterocycles. The Balaban J connectivity index is 1.34. The second-order valence-corrected chi connectivity index (χ2v) is 10.5. The molecule has 2 fully saturated rings. The van der Waals surface area contributed by atoms with E-state index in [1.165, 1.54) is 12.1 Å². The third kappa shape index (κ3) is 4.13. The molecule has 3 N–H and O–H groups in total. The molecule has 0 aliphatic heterocycles. The Bertz CT molecular complexity index is 1390. The molecule has 2 saturated carbocycles. The highest BCUT2D eigenvalue weighted by Crippen LogP contribution is 2.43. The van der Waals surface area contributed by atoms with E-state index in [1.54, 1.807) is 35.2 Å². The first kappa shape index (κ1) is 23.0. The Hall–Kier alpha value is -3.39. The van der Waals surface area contributed by atoms with Gasteiger partial charge in [-0.1, -0.05) is 13.8 Å². The van der Waals surface area contributed by atoms with Gasteiger partial charge in [-0.05, 0) is 90.8 Å². The van der Waals surface area contributed by atoms with Crippen LogP contribution in [0.3, 0.4) is 0 Å². The first-order chi connectivity index (χ1) is 17.4. The van der Waals surface area contributed by atoms with Gasteiger partial charge >= 0.3 is 0 Å². The lowest BCUT2D eigenvalue weighted by Crippen LogP contribution is -2.39. The molecule has 0 unspecified atom stereocenters. The quantitative estimate of drug-likeness (QED) is 0.351. The maximum Gasteiger partial charge on any atom is 0.229 e. The summed E-state index contributed by atoms with van der Waals surface area (Å²) in [5.41, 5.74) is 9.96. The number of anilines is 2. The minimum absolute atomic E-state index is 0.123. The lowest BCUT2D eigenvalue weighted by atomic mass is 9.71. The highest BCUT2D eigenvalue weighted by Gasteiger charge is 2.32. The molecule has 1 aromatic carbocycles. The number of benzene rings is 1. The van der Waals surface area contributed by atoms with E-state index in [-0.39, 0.29) is 23.2 Å². The summed E-state index contributed by atoms with van der Waals surface area (Å²) in [6.45, 7) is 4.48. The van der Waals surface area contributed by atoms with Crippen LogP contribution >= 0.6 is 0 Å². The molecule has 4 atom stereocenters. The molecule has 36 heavy (non-hydrogen) atoms. The van der Waals surface area contributed by atoms with Gasteiger partial charge in [0.25, 0.3) is 0 Å². The van der Waals surface area contributed by atoms with Gasteiger partial charge < -0.3 is 11.1 Å². The molecule has 0 radical (unpaired) electrons. The van der Waals surface area contributed by atoms with E-state index in [4.69, 9.17) is 5.73 Å². The van der Waals surface area contributed by atoms with Crippen LogP contribution in [0.5, 0.6) is 0 Å². The van der Waals surface area contributed by atoms with Crippen molar-refractivity contribution in [1.29, 1.82) is 0 Å². The lowest BCUT2D eigenvalue weighted by molar-refractivity contribution is 0.216. The van der Waals surface area contributed by atoms with E-state index in [0.717, 1.165) is 42.5 Å². The van der Waals surface area contributed by atoms with Crippen LogP contribution in [-0.4, -0.2) is 25.6 Å². The zero-order valence-electron chi connectivity index (χ0n) is 20.5. The van der Waals surface area contributed by atoms with Crippen molar-refractivity contribution in [2.24, 2.45) is 17.6 Å². The first-order valence-electron chi connectivity index (χ1n) is 12.7. The van der Waals surface area contributed by atoms with Crippen LogP contribution in [0.2, 0.25) is 0 Å². The molecule has 186 valence electrons. The topological polar surface area (TPSA) is 81.1 Å². The zero-order valence-corrected chi connectivity index (χ0v) is 20.5. The maximum atomic E-state index is 15.0. The Kier molecular flexibility index (Phi) is 5.71. The van der Waals surface area contributed by atoms with Gasteiger partial charge in [0.1, 0.15) is 11.6 Å². The van der Waals surface area contributed by atoms with Crippen LogP contribution in [-0.2, 0) is 0 Å². The number of nitrogens with two attached hydrogens (primary N) is 1. The summed E-state index contributed by atoms with van der Waals surface area (Å²) in [7, 11) is 0. The van der Waals surface area contributed by atoms with Gasteiger partial charge in [0, 0.05) is 12.2 Å². The SMILES string of the molecule is C[C@@H]1[C@H](N)C[C@H](c2ccncc2Nc2ncc3ccc(-c4c(F)cc(C5CC5)cc4F)nn23)C[C@@H]1C. The van der Waals surface area contributed by atoms with Gasteiger partial charge in [-0.2, -0.15) is 9.61 Å². The number of pyridine rings is 1. The summed E-state index contributed by atoms with van der Waals surface area (Å²) < 4.78 is 31.5. The molecule has 0 bridgehead atoms. The molecular formula is C28H30F2N6. The van der Waals surface area contributed by atoms with Gasteiger partial charge in [0.2, 0.25) is 5.95 Å². The van der Waals surface area contributed by atoms with Crippen molar-refractivity contribution in [3.05, 3.63) is 71.7 Å². The predicted molar refractivity (Wildman–Crippen MR) is 136 cm³/mol. The minimum atomic E-state index is -0.593. The maximum absolute atomic E-state index is 15.0. The van der Waals surface area contributed by atoms with Crippen molar-refractivity contribution >= 4 is 17.2 Å². The molecule has 0 spiro atoms. The van der Waals surface area contributed by atoms with Gasteiger partial charge in [0.05, 0.1) is 34.9 Å². The molecule has 6 nitrogen and oxygen atoms in total. The number of rotatable bonds is 5. The molecule has 3 heterocycles. The van der Waals surface area contributed by atoms with Gasteiger partial charge in [0.15, 0.2) is 0 Å². The standard InChI is InChI=1S/C28H30F2N6/c1-15-9-19(12-24(31)16(15)2)21-7-8-32-14-26(21)34-28-33-13-20-5-6-25(35-36(20)28)27-22(29)10-18(11-23(27)30)17-3-4-17/h5-8,10-11,13-17,19,24H,3-4,9,12,31H2,1-2H3,(H,33,34)/t15-,16-,19+,24+/m0/s1.